The Labute approximate surface area is 129 Å². The minimum absolute atomic E-state index is 0.0341. The molecule has 0 saturated heterocycles. The predicted molar refractivity (Wildman–Crippen MR) is 85.1 cm³/mol. The molecule has 0 unspecified atom stereocenters. The molecule has 1 fully saturated rings. The fourth-order valence-corrected chi connectivity index (χ4v) is 2.74. The van der Waals surface area contributed by atoms with Crippen molar-refractivity contribution in [3.63, 3.8) is 0 Å². The Morgan fingerprint density at radius 3 is 2.76 bits per heavy atom. The van der Waals surface area contributed by atoms with E-state index >= 15 is 0 Å². The second-order valence-corrected chi connectivity index (χ2v) is 5.51. The molecule has 0 aliphatic heterocycles. The number of nitrogens with zero attached hydrogens (tertiary/aromatic N) is 1. The van der Waals surface area contributed by atoms with Crippen molar-refractivity contribution in [3.05, 3.63) is 52.3 Å². The van der Waals surface area contributed by atoms with Gasteiger partial charge in [-0.15, -0.1) is 11.6 Å². The highest BCUT2D eigenvalue weighted by atomic mass is 35.5. The summed E-state index contributed by atoms with van der Waals surface area (Å²) < 4.78 is 7.44. The number of ether oxygens (including phenoxy) is 1. The van der Waals surface area contributed by atoms with Crippen molar-refractivity contribution in [2.45, 2.75) is 31.7 Å². The zero-order chi connectivity index (χ0) is 14.8. The van der Waals surface area contributed by atoms with Crippen LogP contribution in [0.2, 0.25) is 0 Å². The second-order valence-electron chi connectivity index (χ2n) is 5.24. The summed E-state index contributed by atoms with van der Waals surface area (Å²) in [6.07, 6.45) is 2.12. The van der Waals surface area contributed by atoms with Crippen LogP contribution in [-0.2, 0) is 5.88 Å². The van der Waals surface area contributed by atoms with Crippen LogP contribution in [-0.4, -0.2) is 11.2 Å². The third-order valence-corrected chi connectivity index (χ3v) is 3.98. The molecule has 21 heavy (non-hydrogen) atoms. The molecule has 3 rings (SSSR count). The molecule has 110 valence electrons. The number of hydrogen-bond acceptors (Lipinski definition) is 2. The van der Waals surface area contributed by atoms with Crippen LogP contribution in [0.15, 0.2) is 41.2 Å². The fourth-order valence-electron chi connectivity index (χ4n) is 2.54. The Kier molecular flexibility index (Phi) is 4.02. The Morgan fingerprint density at radius 2 is 2.10 bits per heavy atom. The largest absolute Gasteiger partial charge is 0.494 e. The Morgan fingerprint density at radius 1 is 1.29 bits per heavy atom. The molecule has 1 saturated carbocycles. The lowest BCUT2D eigenvalue weighted by atomic mass is 10.1. The van der Waals surface area contributed by atoms with Crippen molar-refractivity contribution >= 4 is 11.6 Å². The van der Waals surface area contributed by atoms with Crippen LogP contribution >= 0.6 is 11.6 Å². The van der Waals surface area contributed by atoms with Crippen LogP contribution in [0.4, 0.5) is 0 Å². The van der Waals surface area contributed by atoms with E-state index in [1.807, 2.05) is 47.9 Å². The van der Waals surface area contributed by atoms with Crippen LogP contribution in [0.1, 0.15) is 31.4 Å². The van der Waals surface area contributed by atoms with E-state index in [-0.39, 0.29) is 11.4 Å². The van der Waals surface area contributed by atoms with Gasteiger partial charge in [-0.05, 0) is 38.0 Å². The highest BCUT2D eigenvalue weighted by molar-refractivity contribution is 6.17. The molecule has 0 N–H and O–H groups in total. The van der Waals surface area contributed by atoms with E-state index in [9.17, 15) is 4.79 Å². The van der Waals surface area contributed by atoms with E-state index in [2.05, 4.69) is 0 Å². The van der Waals surface area contributed by atoms with Gasteiger partial charge in [-0.3, -0.25) is 4.79 Å². The number of alkyl halides is 1. The van der Waals surface area contributed by atoms with Gasteiger partial charge in [0.05, 0.1) is 18.2 Å². The molecule has 1 aromatic heterocycles. The summed E-state index contributed by atoms with van der Waals surface area (Å²) in [5, 5.41) is 0. The topological polar surface area (TPSA) is 31.2 Å². The third kappa shape index (κ3) is 2.84. The van der Waals surface area contributed by atoms with Crippen molar-refractivity contribution in [3.8, 4) is 17.0 Å². The summed E-state index contributed by atoms with van der Waals surface area (Å²) in [6, 6.07) is 12.0. The first-order valence-electron chi connectivity index (χ1n) is 7.28. The third-order valence-electron chi connectivity index (χ3n) is 3.69. The van der Waals surface area contributed by atoms with Gasteiger partial charge in [-0.25, -0.2) is 0 Å². The summed E-state index contributed by atoms with van der Waals surface area (Å²) in [5.41, 5.74) is 2.64. The van der Waals surface area contributed by atoms with Crippen LogP contribution in [0, 0.1) is 0 Å². The molecule has 1 aliphatic rings. The lowest BCUT2D eigenvalue weighted by Gasteiger charge is -2.14. The average molecular weight is 304 g/mol. The van der Waals surface area contributed by atoms with Gasteiger partial charge < -0.3 is 9.30 Å². The number of pyridine rings is 1. The highest BCUT2D eigenvalue weighted by Gasteiger charge is 2.27. The van der Waals surface area contributed by atoms with Gasteiger partial charge in [-0.1, -0.05) is 18.2 Å². The van der Waals surface area contributed by atoms with E-state index in [0.717, 1.165) is 29.8 Å². The molecule has 0 bridgehead atoms. The Hall–Kier alpha value is -1.74. The van der Waals surface area contributed by atoms with Crippen LogP contribution in [0.25, 0.3) is 11.3 Å². The zero-order valence-corrected chi connectivity index (χ0v) is 12.8. The van der Waals surface area contributed by atoms with E-state index in [1.165, 1.54) is 0 Å². The van der Waals surface area contributed by atoms with Crippen molar-refractivity contribution in [2.24, 2.45) is 0 Å². The molecule has 1 heterocycles. The maximum atomic E-state index is 12.5. The molecule has 4 heteroatoms. The maximum Gasteiger partial charge on any atom is 0.255 e. The van der Waals surface area contributed by atoms with Gasteiger partial charge in [0.1, 0.15) is 5.75 Å². The van der Waals surface area contributed by atoms with E-state index in [4.69, 9.17) is 16.3 Å². The molecule has 0 atom stereocenters. The molecular formula is C17H18ClNO2. The lowest BCUT2D eigenvalue weighted by Crippen LogP contribution is -2.23. The molecule has 0 radical (unpaired) electrons. The number of aromatic nitrogens is 1. The van der Waals surface area contributed by atoms with E-state index < -0.39 is 0 Å². The summed E-state index contributed by atoms with van der Waals surface area (Å²) in [6.45, 7) is 2.59. The summed E-state index contributed by atoms with van der Waals surface area (Å²) >= 11 is 5.86. The average Bonchev–Trinajstić information content (AvgIpc) is 3.32. The molecular weight excluding hydrogens is 286 g/mol. The van der Waals surface area contributed by atoms with Gasteiger partial charge in [0.25, 0.3) is 5.56 Å². The lowest BCUT2D eigenvalue weighted by molar-refractivity contribution is 0.340. The monoisotopic (exact) mass is 303 g/mol. The Bertz CT molecular complexity index is 704. The first-order valence-corrected chi connectivity index (χ1v) is 7.81. The SMILES string of the molecule is CCOc1cccc(-c2ccc(CCl)c(=O)n2C2CC2)c1. The number of halogens is 1. The summed E-state index contributed by atoms with van der Waals surface area (Å²) in [7, 11) is 0. The molecule has 3 nitrogen and oxygen atoms in total. The summed E-state index contributed by atoms with van der Waals surface area (Å²) in [5.74, 6) is 1.08. The highest BCUT2D eigenvalue weighted by Crippen LogP contribution is 2.37. The minimum atomic E-state index is 0.0341. The fraction of sp³-hybridized carbons (Fsp3) is 0.353. The van der Waals surface area contributed by atoms with Gasteiger partial charge in [0.15, 0.2) is 0 Å². The standard InChI is InChI=1S/C17H18ClNO2/c1-2-21-15-5-3-4-12(10-15)16-9-6-13(11-18)17(20)19(16)14-7-8-14/h3-6,9-10,14H,2,7-8,11H2,1H3. The van der Waals surface area contributed by atoms with Crippen LogP contribution in [0.5, 0.6) is 5.75 Å². The molecule has 1 aliphatic carbocycles. The quantitative estimate of drug-likeness (QED) is 0.782. The second kappa shape index (κ2) is 5.94. The number of benzene rings is 1. The van der Waals surface area contributed by atoms with E-state index in [1.54, 1.807) is 0 Å². The van der Waals surface area contributed by atoms with Gasteiger partial charge >= 0.3 is 0 Å². The maximum absolute atomic E-state index is 12.5. The summed E-state index contributed by atoms with van der Waals surface area (Å²) in [4.78, 5) is 12.5. The van der Waals surface area contributed by atoms with Crippen molar-refractivity contribution in [1.29, 1.82) is 0 Å². The van der Waals surface area contributed by atoms with Crippen LogP contribution < -0.4 is 10.3 Å². The predicted octanol–water partition coefficient (Wildman–Crippen LogP) is 3.99. The number of hydrogen-bond donors (Lipinski definition) is 0. The van der Waals surface area contributed by atoms with Crippen molar-refractivity contribution in [1.82, 2.24) is 4.57 Å². The normalized spacial score (nSPS) is 14.2. The van der Waals surface area contributed by atoms with Crippen molar-refractivity contribution < 1.29 is 4.74 Å². The first kappa shape index (κ1) is 14.2. The van der Waals surface area contributed by atoms with Gasteiger partial charge in [0, 0.05) is 17.2 Å². The molecule has 0 amide bonds. The molecule has 1 aromatic carbocycles. The van der Waals surface area contributed by atoms with Gasteiger partial charge in [-0.2, -0.15) is 0 Å². The number of rotatable bonds is 5. The van der Waals surface area contributed by atoms with Crippen molar-refractivity contribution in [2.75, 3.05) is 6.61 Å². The van der Waals surface area contributed by atoms with Gasteiger partial charge in [0.2, 0.25) is 0 Å². The molecule has 2 aromatic rings. The smallest absolute Gasteiger partial charge is 0.255 e. The molecule has 0 spiro atoms. The minimum Gasteiger partial charge on any atom is -0.494 e. The Balaban J connectivity index is 2.11. The first-order chi connectivity index (χ1) is 10.2. The van der Waals surface area contributed by atoms with Crippen LogP contribution in [0.3, 0.4) is 0 Å². The van der Waals surface area contributed by atoms with E-state index in [0.29, 0.717) is 18.2 Å². The zero-order valence-electron chi connectivity index (χ0n) is 12.0.